The van der Waals surface area contributed by atoms with Gasteiger partial charge in [0.25, 0.3) is 0 Å². The normalized spacial score (nSPS) is 28.1. The van der Waals surface area contributed by atoms with E-state index in [4.69, 9.17) is 9.47 Å². The van der Waals surface area contributed by atoms with Gasteiger partial charge in [0, 0.05) is 23.7 Å². The number of amides is 1. The van der Waals surface area contributed by atoms with Gasteiger partial charge >= 0.3 is 6.09 Å². The van der Waals surface area contributed by atoms with E-state index >= 15 is 0 Å². The average molecular weight is 390 g/mol. The van der Waals surface area contributed by atoms with Gasteiger partial charge in [-0.3, -0.25) is 10.1 Å². The Kier molecular flexibility index (Phi) is 5.27. The number of H-pyrrole nitrogens is 1. The third kappa shape index (κ3) is 4.32. The maximum atomic E-state index is 14.4. The van der Waals surface area contributed by atoms with Gasteiger partial charge in [0.2, 0.25) is 5.88 Å². The van der Waals surface area contributed by atoms with Crippen molar-refractivity contribution in [2.45, 2.75) is 56.8 Å². The number of halogens is 1. The number of aromatic amines is 1. The van der Waals surface area contributed by atoms with Crippen LogP contribution in [0, 0.1) is 0 Å². The highest BCUT2D eigenvalue weighted by Crippen LogP contribution is 2.38. The molecule has 1 fully saturated rings. The monoisotopic (exact) mass is 390 g/mol. The topological polar surface area (TPSA) is 114 Å². The zero-order valence-electron chi connectivity index (χ0n) is 15.5. The Morgan fingerprint density at radius 1 is 1.25 bits per heavy atom. The third-order valence-electron chi connectivity index (χ3n) is 4.99. The molecular formula is C18H23FN6O3. The number of fused-ring (bicyclic) bond motifs is 7. The van der Waals surface area contributed by atoms with Crippen molar-refractivity contribution in [3.05, 3.63) is 24.2 Å². The number of nitrogens with zero attached hydrogens (tertiary/aromatic N) is 3. The lowest BCUT2D eigenvalue weighted by molar-refractivity contribution is 0.0586. The van der Waals surface area contributed by atoms with Gasteiger partial charge in [0.1, 0.15) is 12.3 Å². The Hall–Kier alpha value is -2.91. The van der Waals surface area contributed by atoms with Crippen LogP contribution in [0.25, 0.3) is 0 Å². The van der Waals surface area contributed by atoms with Crippen LogP contribution in [-0.4, -0.2) is 51.2 Å². The zero-order valence-corrected chi connectivity index (χ0v) is 15.5. The molecule has 2 aromatic heterocycles. The summed E-state index contributed by atoms with van der Waals surface area (Å²) in [6, 6.07) is 1.69. The van der Waals surface area contributed by atoms with Crippen LogP contribution in [0.15, 0.2) is 18.5 Å². The van der Waals surface area contributed by atoms with Crippen molar-refractivity contribution in [3.8, 4) is 5.88 Å². The number of carbonyl (C=O) groups is 1. The molecule has 1 aliphatic heterocycles. The molecule has 0 radical (unpaired) electrons. The van der Waals surface area contributed by atoms with Crippen LogP contribution >= 0.6 is 0 Å². The van der Waals surface area contributed by atoms with E-state index in [9.17, 15) is 9.18 Å². The van der Waals surface area contributed by atoms with Crippen LogP contribution in [0.4, 0.5) is 20.8 Å². The van der Waals surface area contributed by atoms with Gasteiger partial charge in [-0.1, -0.05) is 0 Å². The Bertz CT molecular complexity index is 831. The number of carbonyl (C=O) groups excluding carboxylic acids is 1. The number of rotatable bonds is 0. The first-order chi connectivity index (χ1) is 13.6. The van der Waals surface area contributed by atoms with Crippen LogP contribution in [0.1, 0.15) is 44.2 Å². The van der Waals surface area contributed by atoms with E-state index < -0.39 is 18.4 Å². The van der Waals surface area contributed by atoms with Gasteiger partial charge in [0.05, 0.1) is 19.0 Å². The van der Waals surface area contributed by atoms with Gasteiger partial charge in [-0.25, -0.2) is 9.18 Å². The first kappa shape index (κ1) is 18.5. The maximum Gasteiger partial charge on any atom is 0.407 e. The highest BCUT2D eigenvalue weighted by molar-refractivity contribution is 5.67. The first-order valence-corrected chi connectivity index (χ1v) is 9.45. The summed E-state index contributed by atoms with van der Waals surface area (Å²) in [6.07, 6.45) is 2.65. The Labute approximate surface area is 161 Å². The molecule has 1 amide bonds. The Morgan fingerprint density at radius 3 is 3.04 bits per heavy atom. The lowest BCUT2D eigenvalue weighted by Gasteiger charge is -2.18. The number of aromatic nitrogens is 4. The van der Waals surface area contributed by atoms with Crippen molar-refractivity contribution >= 4 is 17.7 Å². The predicted octanol–water partition coefficient (Wildman–Crippen LogP) is 2.81. The number of anilines is 2. The van der Waals surface area contributed by atoms with E-state index in [-0.39, 0.29) is 18.4 Å². The Morgan fingerprint density at radius 2 is 2.14 bits per heavy atom. The minimum Gasteiger partial charge on any atom is -0.477 e. The number of ether oxygens (including phenoxy) is 2. The first-order valence-electron chi connectivity index (χ1n) is 9.45. The average Bonchev–Trinajstić information content (AvgIpc) is 3.25. The van der Waals surface area contributed by atoms with Gasteiger partial charge in [-0.05, 0) is 32.6 Å². The van der Waals surface area contributed by atoms with E-state index in [2.05, 4.69) is 30.8 Å². The summed E-state index contributed by atoms with van der Waals surface area (Å²) in [5, 5.41) is 13.0. The van der Waals surface area contributed by atoms with E-state index in [1.807, 2.05) is 6.92 Å². The lowest BCUT2D eigenvalue weighted by atomic mass is 10.0. The lowest BCUT2D eigenvalue weighted by Crippen LogP contribution is -2.37. The van der Waals surface area contributed by atoms with Crippen molar-refractivity contribution in [1.29, 1.82) is 0 Å². The van der Waals surface area contributed by atoms with Gasteiger partial charge < -0.3 is 20.1 Å². The molecule has 150 valence electrons. The van der Waals surface area contributed by atoms with Crippen molar-refractivity contribution in [2.24, 2.45) is 0 Å². The molecule has 28 heavy (non-hydrogen) atoms. The Balaban J connectivity index is 1.55. The fraction of sp³-hybridized carbons (Fsp3) is 0.556. The fourth-order valence-electron chi connectivity index (χ4n) is 3.55. The molecule has 0 aromatic carbocycles. The molecule has 2 aliphatic rings. The van der Waals surface area contributed by atoms with E-state index in [1.165, 1.54) is 0 Å². The molecule has 1 unspecified atom stereocenters. The summed E-state index contributed by atoms with van der Waals surface area (Å²) in [5.41, 5.74) is 0.784. The SMILES string of the molecule is C[C@H]1CCCOc2cncc(n2)Nc2cc([nH]n2)C2C[C@@H](F)[C@H](C2)OC(=O)N1. The summed E-state index contributed by atoms with van der Waals surface area (Å²) in [4.78, 5) is 20.6. The number of hydrogen-bond donors (Lipinski definition) is 3. The second kappa shape index (κ2) is 7.99. The van der Waals surface area contributed by atoms with E-state index in [1.54, 1.807) is 18.5 Å². The molecule has 2 aromatic rings. The van der Waals surface area contributed by atoms with Gasteiger partial charge in [-0.15, -0.1) is 0 Å². The molecule has 1 aliphatic carbocycles. The standard InChI is InChI=1S/C18H23FN6O3/c1-10-3-2-4-27-17-9-20-8-16(23-17)22-15-7-13(24-25-15)11-5-12(19)14(6-11)28-18(26)21-10/h7-12,14H,2-6H2,1H3,(H,21,26)(H2,22,23,24,25)/t10-,11?,12+,14-/m0/s1. The summed E-state index contributed by atoms with van der Waals surface area (Å²) in [5.74, 6) is 1.36. The molecular weight excluding hydrogens is 367 g/mol. The molecule has 1 saturated carbocycles. The molecule has 0 spiro atoms. The summed E-state index contributed by atoms with van der Waals surface area (Å²) in [6.45, 7) is 2.31. The number of nitrogens with one attached hydrogen (secondary N) is 3. The highest BCUT2D eigenvalue weighted by Gasteiger charge is 2.38. The van der Waals surface area contributed by atoms with E-state index in [0.29, 0.717) is 43.4 Å². The molecule has 4 atom stereocenters. The van der Waals surface area contributed by atoms with Crippen molar-refractivity contribution in [3.63, 3.8) is 0 Å². The quantitative estimate of drug-likeness (QED) is 0.634. The second-order valence-corrected chi connectivity index (χ2v) is 7.24. The van der Waals surface area contributed by atoms with Crippen molar-refractivity contribution in [1.82, 2.24) is 25.5 Å². The molecule has 9 nitrogen and oxygen atoms in total. The van der Waals surface area contributed by atoms with Crippen LogP contribution in [0.3, 0.4) is 0 Å². The van der Waals surface area contributed by atoms with Crippen LogP contribution in [0.2, 0.25) is 0 Å². The number of hydrogen-bond acceptors (Lipinski definition) is 7. The second-order valence-electron chi connectivity index (χ2n) is 7.24. The minimum absolute atomic E-state index is 0.104. The summed E-state index contributed by atoms with van der Waals surface area (Å²) in [7, 11) is 0. The van der Waals surface area contributed by atoms with Crippen molar-refractivity contribution < 1.29 is 18.7 Å². The predicted molar refractivity (Wildman–Crippen MR) is 98.4 cm³/mol. The zero-order chi connectivity index (χ0) is 19.5. The number of alkyl carbamates (subject to hydrolysis) is 1. The minimum atomic E-state index is -1.20. The van der Waals surface area contributed by atoms with Gasteiger partial charge in [-0.2, -0.15) is 10.1 Å². The van der Waals surface area contributed by atoms with Crippen LogP contribution in [0.5, 0.6) is 5.88 Å². The third-order valence-corrected chi connectivity index (χ3v) is 4.99. The highest BCUT2D eigenvalue weighted by atomic mass is 19.1. The molecule has 10 heteroatoms. The van der Waals surface area contributed by atoms with Gasteiger partial charge in [0.15, 0.2) is 11.6 Å². The molecule has 4 rings (SSSR count). The summed E-state index contributed by atoms with van der Waals surface area (Å²) >= 11 is 0. The fourth-order valence-corrected chi connectivity index (χ4v) is 3.55. The molecule has 6 bridgehead atoms. The number of alkyl halides is 1. The van der Waals surface area contributed by atoms with E-state index in [0.717, 1.165) is 5.69 Å². The molecule has 3 heterocycles. The summed E-state index contributed by atoms with van der Waals surface area (Å²) < 4.78 is 25.3. The van der Waals surface area contributed by atoms with Crippen LogP contribution in [-0.2, 0) is 4.74 Å². The largest absolute Gasteiger partial charge is 0.477 e. The maximum absolute atomic E-state index is 14.4. The van der Waals surface area contributed by atoms with Crippen LogP contribution < -0.4 is 15.4 Å². The van der Waals surface area contributed by atoms with Crippen molar-refractivity contribution in [2.75, 3.05) is 11.9 Å². The molecule has 0 saturated heterocycles. The smallest absolute Gasteiger partial charge is 0.407 e. The molecule has 3 N–H and O–H groups in total.